The molecule has 5 rings (SSSR count). The monoisotopic (exact) mass is 371 g/mol. The van der Waals surface area contributed by atoms with Gasteiger partial charge in [0.05, 0.1) is 12.7 Å². The number of nitrogens with one attached hydrogen (secondary N) is 3. The molecule has 4 heterocycles. The van der Waals surface area contributed by atoms with E-state index in [1.807, 2.05) is 11.0 Å². The van der Waals surface area contributed by atoms with E-state index >= 15 is 0 Å². The van der Waals surface area contributed by atoms with Crippen molar-refractivity contribution in [2.45, 2.75) is 31.5 Å². The van der Waals surface area contributed by atoms with Gasteiger partial charge in [0, 0.05) is 24.2 Å². The first kappa shape index (κ1) is 16.0. The highest BCUT2D eigenvalue weighted by Gasteiger charge is 2.27. The lowest BCUT2D eigenvalue weighted by atomic mass is 10.2. The van der Waals surface area contributed by atoms with E-state index in [9.17, 15) is 14.0 Å². The molecule has 2 aliphatic heterocycles. The van der Waals surface area contributed by atoms with E-state index in [1.54, 1.807) is 16.8 Å². The van der Waals surface area contributed by atoms with Gasteiger partial charge >= 0.3 is 6.03 Å². The maximum Gasteiger partial charge on any atom is 0.326 e. The molecule has 0 aromatic carbocycles. The number of rotatable bonds is 4. The first-order valence-electron chi connectivity index (χ1n) is 8.95. The molecule has 3 N–H and O–H groups in total. The van der Waals surface area contributed by atoms with Crippen LogP contribution in [0, 0.1) is 0 Å². The molecule has 0 radical (unpaired) electrons. The summed E-state index contributed by atoms with van der Waals surface area (Å²) in [5.74, 6) is 0.960. The summed E-state index contributed by atoms with van der Waals surface area (Å²) in [5, 5.41) is 12.4. The largest absolute Gasteiger partial charge is 0.367 e. The third kappa shape index (κ3) is 2.96. The van der Waals surface area contributed by atoms with E-state index in [1.165, 1.54) is 0 Å². The van der Waals surface area contributed by atoms with E-state index in [4.69, 9.17) is 0 Å². The number of carbonyl (C=O) groups is 2. The second-order valence-electron chi connectivity index (χ2n) is 7.05. The Kier molecular flexibility index (Phi) is 3.52. The van der Waals surface area contributed by atoms with Gasteiger partial charge in [-0.3, -0.25) is 10.1 Å². The fourth-order valence-electron chi connectivity index (χ4n) is 3.33. The Bertz CT molecular complexity index is 981. The Labute approximate surface area is 153 Å². The van der Waals surface area contributed by atoms with Crippen molar-refractivity contribution in [3.05, 3.63) is 23.5 Å². The van der Waals surface area contributed by atoms with Crippen molar-refractivity contribution in [2.75, 3.05) is 23.3 Å². The average molecular weight is 371 g/mol. The molecule has 1 unspecified atom stereocenters. The zero-order valence-corrected chi connectivity index (χ0v) is 14.4. The van der Waals surface area contributed by atoms with Crippen molar-refractivity contribution < 1.29 is 14.0 Å². The van der Waals surface area contributed by atoms with Gasteiger partial charge in [0.25, 0.3) is 5.91 Å². The number of amides is 3. The van der Waals surface area contributed by atoms with Crippen LogP contribution >= 0.6 is 0 Å². The fourth-order valence-corrected chi connectivity index (χ4v) is 3.33. The molecular weight excluding hydrogens is 353 g/mol. The second-order valence-corrected chi connectivity index (χ2v) is 7.05. The predicted molar refractivity (Wildman–Crippen MR) is 96.0 cm³/mol. The summed E-state index contributed by atoms with van der Waals surface area (Å²) in [5.41, 5.74) is 1.28. The lowest BCUT2D eigenvalue weighted by molar-refractivity contribution is -0.115. The van der Waals surface area contributed by atoms with Crippen LogP contribution < -0.4 is 20.9 Å². The molecule has 2 aromatic rings. The average Bonchev–Trinajstić information content (AvgIpc) is 3.04. The van der Waals surface area contributed by atoms with Crippen molar-refractivity contribution >= 4 is 35.3 Å². The number of imide groups is 1. The minimum atomic E-state index is -0.855. The zero-order chi connectivity index (χ0) is 18.5. The molecule has 10 heteroatoms. The molecule has 3 aliphatic rings. The van der Waals surface area contributed by atoms with Crippen LogP contribution in [0.25, 0.3) is 11.7 Å². The van der Waals surface area contributed by atoms with Crippen molar-refractivity contribution in [2.24, 2.45) is 0 Å². The molecule has 2 aromatic heterocycles. The Hall–Kier alpha value is -3.17. The first-order chi connectivity index (χ1) is 13.1. The Morgan fingerprint density at radius 3 is 2.78 bits per heavy atom. The maximum atomic E-state index is 13.7. The van der Waals surface area contributed by atoms with Gasteiger partial charge in [0.15, 0.2) is 5.65 Å². The zero-order valence-electron chi connectivity index (χ0n) is 14.4. The normalized spacial score (nSPS) is 24.0. The molecule has 0 spiro atoms. The molecule has 3 fully saturated rings. The standard InChI is InChI=1S/C17H18FN7O2/c18-10-3-4-24(8-10)13-6-14(20-11-1-2-11)25-15(22-13)9(7-19-25)5-12-16(26)23-17(27)21-12/h5-7,10-11,20H,1-4,8H2,(H2,21,23,26,27)/b12-5+. The van der Waals surface area contributed by atoms with Gasteiger partial charge in [-0.15, -0.1) is 0 Å². The van der Waals surface area contributed by atoms with Crippen molar-refractivity contribution in [1.29, 1.82) is 0 Å². The van der Waals surface area contributed by atoms with Gasteiger partial charge in [-0.25, -0.2) is 14.2 Å². The van der Waals surface area contributed by atoms with Gasteiger partial charge in [-0.1, -0.05) is 0 Å². The van der Waals surface area contributed by atoms with Gasteiger partial charge in [0.2, 0.25) is 0 Å². The maximum absolute atomic E-state index is 13.7. The number of urea groups is 1. The number of aromatic nitrogens is 3. The molecule has 140 valence electrons. The van der Waals surface area contributed by atoms with Gasteiger partial charge in [-0.05, 0) is 25.3 Å². The highest BCUT2D eigenvalue weighted by molar-refractivity contribution is 6.14. The quantitative estimate of drug-likeness (QED) is 0.548. The Balaban J connectivity index is 1.59. The summed E-state index contributed by atoms with van der Waals surface area (Å²) in [6.07, 6.45) is 4.96. The van der Waals surface area contributed by atoms with E-state index in [-0.39, 0.29) is 5.70 Å². The second kappa shape index (κ2) is 5.93. The van der Waals surface area contributed by atoms with Crippen LogP contribution in [0.2, 0.25) is 0 Å². The molecule has 27 heavy (non-hydrogen) atoms. The highest BCUT2D eigenvalue weighted by atomic mass is 19.1. The van der Waals surface area contributed by atoms with Crippen LogP contribution in [0.15, 0.2) is 18.0 Å². The van der Waals surface area contributed by atoms with Crippen molar-refractivity contribution in [1.82, 2.24) is 25.2 Å². The number of fused-ring (bicyclic) bond motifs is 1. The van der Waals surface area contributed by atoms with Crippen LogP contribution in [-0.4, -0.2) is 51.8 Å². The Morgan fingerprint density at radius 2 is 2.11 bits per heavy atom. The minimum Gasteiger partial charge on any atom is -0.367 e. The van der Waals surface area contributed by atoms with Crippen LogP contribution in [0.5, 0.6) is 0 Å². The van der Waals surface area contributed by atoms with Crippen LogP contribution in [0.4, 0.5) is 20.8 Å². The minimum absolute atomic E-state index is 0.142. The number of anilines is 2. The molecule has 1 atom stereocenters. The van der Waals surface area contributed by atoms with Gasteiger partial charge < -0.3 is 15.5 Å². The smallest absolute Gasteiger partial charge is 0.326 e. The molecule has 1 saturated carbocycles. The molecule has 3 amide bonds. The van der Waals surface area contributed by atoms with E-state index in [0.29, 0.717) is 42.6 Å². The van der Waals surface area contributed by atoms with Crippen LogP contribution in [0.3, 0.4) is 0 Å². The molecule has 9 nitrogen and oxygen atoms in total. The Morgan fingerprint density at radius 1 is 1.26 bits per heavy atom. The van der Waals surface area contributed by atoms with E-state index < -0.39 is 18.1 Å². The number of nitrogens with zero attached hydrogens (tertiary/aromatic N) is 4. The first-order valence-corrected chi connectivity index (χ1v) is 8.95. The third-order valence-electron chi connectivity index (χ3n) is 4.89. The molecule has 1 aliphatic carbocycles. The topological polar surface area (TPSA) is 104 Å². The number of hydrogen-bond donors (Lipinski definition) is 3. The van der Waals surface area contributed by atoms with E-state index in [0.717, 1.165) is 18.7 Å². The summed E-state index contributed by atoms with van der Waals surface area (Å²) in [7, 11) is 0. The fraction of sp³-hybridized carbons (Fsp3) is 0.412. The summed E-state index contributed by atoms with van der Waals surface area (Å²) in [6.45, 7) is 0.922. The predicted octanol–water partition coefficient (Wildman–Crippen LogP) is 1.03. The molecule has 2 saturated heterocycles. The van der Waals surface area contributed by atoms with Gasteiger partial charge in [-0.2, -0.15) is 9.61 Å². The summed E-state index contributed by atoms with van der Waals surface area (Å²) >= 11 is 0. The molecule has 0 bridgehead atoms. The number of halogens is 1. The number of hydrogen-bond acceptors (Lipinski definition) is 6. The lowest BCUT2D eigenvalue weighted by Crippen LogP contribution is -2.22. The number of alkyl halides is 1. The highest BCUT2D eigenvalue weighted by Crippen LogP contribution is 2.30. The van der Waals surface area contributed by atoms with Crippen molar-refractivity contribution in [3.63, 3.8) is 0 Å². The SMILES string of the molecule is O=C1NC(=O)/C(=C\c2cnn3c(NC4CC4)cc(N4CCC(F)C4)nc23)N1. The van der Waals surface area contributed by atoms with Crippen LogP contribution in [-0.2, 0) is 4.79 Å². The van der Waals surface area contributed by atoms with E-state index in [2.05, 4.69) is 26.0 Å². The summed E-state index contributed by atoms with van der Waals surface area (Å²) in [4.78, 5) is 29.7. The van der Waals surface area contributed by atoms with Gasteiger partial charge in [0.1, 0.15) is 23.5 Å². The van der Waals surface area contributed by atoms with Crippen LogP contribution in [0.1, 0.15) is 24.8 Å². The van der Waals surface area contributed by atoms with Crippen molar-refractivity contribution in [3.8, 4) is 0 Å². The third-order valence-corrected chi connectivity index (χ3v) is 4.89. The number of carbonyl (C=O) groups excluding carboxylic acids is 2. The summed E-state index contributed by atoms with van der Waals surface area (Å²) < 4.78 is 15.3. The summed E-state index contributed by atoms with van der Waals surface area (Å²) in [6, 6.07) is 1.73. The molecular formula is C17H18FN7O2. The lowest BCUT2D eigenvalue weighted by Gasteiger charge is -2.18.